The molecule has 2 aromatic heterocycles. The molecule has 0 unspecified atom stereocenters. The number of rotatable bonds is 9. The molecule has 1 N–H and O–H groups in total. The third kappa shape index (κ3) is 4.83. The van der Waals surface area contributed by atoms with Crippen molar-refractivity contribution in [3.05, 3.63) is 40.4 Å². The maximum absolute atomic E-state index is 13.0. The minimum Gasteiger partial charge on any atom is -0.356 e. The largest absolute Gasteiger partial charge is 0.356 e. The molecule has 0 atom stereocenters. The molecule has 7 heteroatoms. The van der Waals surface area contributed by atoms with E-state index in [1.165, 1.54) is 0 Å². The molecule has 0 radical (unpaired) electrons. The van der Waals surface area contributed by atoms with E-state index in [0.717, 1.165) is 18.4 Å². The van der Waals surface area contributed by atoms with Crippen molar-refractivity contribution in [3.63, 3.8) is 0 Å². The van der Waals surface area contributed by atoms with Gasteiger partial charge < -0.3 is 5.32 Å². The number of carbonyl (C=O) groups excluding carboxylic acids is 1. The zero-order valence-corrected chi connectivity index (χ0v) is 17.8. The third-order valence-electron chi connectivity index (χ3n) is 5.12. The van der Waals surface area contributed by atoms with Crippen molar-refractivity contribution in [1.29, 1.82) is 0 Å². The molecule has 0 spiro atoms. The van der Waals surface area contributed by atoms with Crippen LogP contribution in [0.25, 0.3) is 16.7 Å². The number of aromatic nitrogens is 4. The lowest BCUT2D eigenvalue weighted by atomic mass is 10.1. The summed E-state index contributed by atoms with van der Waals surface area (Å²) in [5, 5.41) is 12.3. The molecule has 0 saturated carbocycles. The van der Waals surface area contributed by atoms with Gasteiger partial charge in [-0.25, -0.2) is 0 Å². The van der Waals surface area contributed by atoms with E-state index >= 15 is 0 Å². The Hall–Kier alpha value is -2.70. The van der Waals surface area contributed by atoms with Gasteiger partial charge in [0.2, 0.25) is 11.7 Å². The number of hydrogen-bond acceptors (Lipinski definition) is 4. The molecular formula is C22H31N5O2. The Balaban J connectivity index is 1.91. The Bertz CT molecular complexity index is 1050. The fraction of sp³-hybridized carbons (Fsp3) is 0.545. The van der Waals surface area contributed by atoms with E-state index in [4.69, 9.17) is 0 Å². The molecule has 3 rings (SSSR count). The first-order valence-corrected chi connectivity index (χ1v) is 10.5. The van der Waals surface area contributed by atoms with Crippen molar-refractivity contribution < 1.29 is 4.79 Å². The van der Waals surface area contributed by atoms with Crippen LogP contribution in [0.2, 0.25) is 0 Å². The fourth-order valence-corrected chi connectivity index (χ4v) is 3.38. The molecule has 0 aliphatic rings. The van der Waals surface area contributed by atoms with Crippen LogP contribution in [0.3, 0.4) is 0 Å². The van der Waals surface area contributed by atoms with Gasteiger partial charge in [0.15, 0.2) is 0 Å². The number of hydrogen-bond donors (Lipinski definition) is 1. The normalized spacial score (nSPS) is 11.8. The lowest BCUT2D eigenvalue weighted by Gasteiger charge is -2.12. The van der Waals surface area contributed by atoms with Crippen molar-refractivity contribution in [3.8, 4) is 0 Å². The van der Waals surface area contributed by atoms with Crippen LogP contribution in [-0.2, 0) is 17.8 Å². The predicted molar refractivity (Wildman–Crippen MR) is 115 cm³/mol. The van der Waals surface area contributed by atoms with Gasteiger partial charge in [-0.1, -0.05) is 39.8 Å². The number of para-hydroxylation sites is 1. The van der Waals surface area contributed by atoms with E-state index < -0.39 is 0 Å². The van der Waals surface area contributed by atoms with Crippen molar-refractivity contribution in [2.75, 3.05) is 6.54 Å². The van der Waals surface area contributed by atoms with Crippen LogP contribution in [0.15, 0.2) is 29.1 Å². The van der Waals surface area contributed by atoms with Crippen LogP contribution in [0, 0.1) is 11.8 Å². The molecule has 3 aromatic rings. The summed E-state index contributed by atoms with van der Waals surface area (Å²) in [7, 11) is 0. The molecule has 0 aliphatic carbocycles. The maximum atomic E-state index is 13.0. The first-order valence-electron chi connectivity index (χ1n) is 10.5. The zero-order chi connectivity index (χ0) is 21.0. The fourth-order valence-electron chi connectivity index (χ4n) is 3.38. The highest BCUT2D eigenvalue weighted by molar-refractivity contribution is 5.80. The number of benzene rings is 1. The average molecular weight is 398 g/mol. The monoisotopic (exact) mass is 397 g/mol. The van der Waals surface area contributed by atoms with Crippen LogP contribution in [0.5, 0.6) is 0 Å². The standard InChI is InChI=1S/C22H31N5O2/c1-15(2)11-13-23-20(28)10-9-19-24-25-22-26(14-12-16(3)4)21(29)17-7-5-6-8-18(17)27(19)22/h5-8,15-16H,9-14H2,1-4H3,(H,23,28). The number of nitrogens with zero attached hydrogens (tertiary/aromatic N) is 4. The second kappa shape index (κ2) is 9.20. The quantitative estimate of drug-likeness (QED) is 0.601. The molecule has 0 fully saturated rings. The summed E-state index contributed by atoms with van der Waals surface area (Å²) in [5.41, 5.74) is 0.743. The van der Waals surface area contributed by atoms with Gasteiger partial charge in [-0.3, -0.25) is 18.6 Å². The summed E-state index contributed by atoms with van der Waals surface area (Å²) < 4.78 is 3.64. The lowest BCUT2D eigenvalue weighted by Crippen LogP contribution is -2.26. The summed E-state index contributed by atoms with van der Waals surface area (Å²) in [6.07, 6.45) is 2.67. The molecule has 1 amide bonds. The Morgan fingerprint density at radius 1 is 1.07 bits per heavy atom. The van der Waals surface area contributed by atoms with Gasteiger partial charge in [0.05, 0.1) is 10.9 Å². The average Bonchev–Trinajstić information content (AvgIpc) is 3.10. The van der Waals surface area contributed by atoms with Crippen molar-refractivity contribution in [2.24, 2.45) is 11.8 Å². The minimum absolute atomic E-state index is 0.0137. The van der Waals surface area contributed by atoms with Gasteiger partial charge in [0.1, 0.15) is 5.82 Å². The number of fused-ring (bicyclic) bond motifs is 3. The van der Waals surface area contributed by atoms with E-state index in [1.807, 2.05) is 28.7 Å². The third-order valence-corrected chi connectivity index (χ3v) is 5.12. The van der Waals surface area contributed by atoms with E-state index in [9.17, 15) is 9.59 Å². The maximum Gasteiger partial charge on any atom is 0.262 e. The van der Waals surface area contributed by atoms with Gasteiger partial charge in [-0.2, -0.15) is 0 Å². The van der Waals surface area contributed by atoms with Gasteiger partial charge in [0.25, 0.3) is 5.56 Å². The van der Waals surface area contributed by atoms with Crippen LogP contribution in [-0.4, -0.2) is 31.6 Å². The van der Waals surface area contributed by atoms with Crippen LogP contribution >= 0.6 is 0 Å². The van der Waals surface area contributed by atoms with Gasteiger partial charge in [0, 0.05) is 25.9 Å². The van der Waals surface area contributed by atoms with E-state index in [-0.39, 0.29) is 11.5 Å². The summed E-state index contributed by atoms with van der Waals surface area (Å²) in [5.74, 6) is 2.30. The zero-order valence-electron chi connectivity index (χ0n) is 17.8. The van der Waals surface area contributed by atoms with Crippen LogP contribution in [0.4, 0.5) is 0 Å². The van der Waals surface area contributed by atoms with Crippen LogP contribution < -0.4 is 10.9 Å². The predicted octanol–water partition coefficient (Wildman–Crippen LogP) is 3.19. The van der Waals surface area contributed by atoms with E-state index in [0.29, 0.717) is 54.8 Å². The van der Waals surface area contributed by atoms with E-state index in [2.05, 4.69) is 43.2 Å². The van der Waals surface area contributed by atoms with Crippen molar-refractivity contribution in [1.82, 2.24) is 24.5 Å². The van der Waals surface area contributed by atoms with Crippen LogP contribution in [0.1, 0.15) is 52.8 Å². The van der Waals surface area contributed by atoms with Crippen molar-refractivity contribution >= 4 is 22.6 Å². The molecule has 0 aliphatic heterocycles. The molecule has 156 valence electrons. The molecule has 2 heterocycles. The smallest absolute Gasteiger partial charge is 0.262 e. The van der Waals surface area contributed by atoms with Crippen molar-refractivity contribution in [2.45, 2.75) is 59.9 Å². The molecule has 1 aromatic carbocycles. The van der Waals surface area contributed by atoms with E-state index in [1.54, 1.807) is 4.57 Å². The first kappa shape index (κ1) is 21.0. The molecular weight excluding hydrogens is 366 g/mol. The Morgan fingerprint density at radius 2 is 1.79 bits per heavy atom. The highest BCUT2D eigenvalue weighted by Gasteiger charge is 2.17. The topological polar surface area (TPSA) is 81.3 Å². The van der Waals surface area contributed by atoms with Gasteiger partial charge in [-0.05, 0) is 36.8 Å². The summed E-state index contributed by atoms with van der Waals surface area (Å²) in [4.78, 5) is 25.2. The molecule has 7 nitrogen and oxygen atoms in total. The number of aryl methyl sites for hydroxylation is 2. The summed E-state index contributed by atoms with van der Waals surface area (Å²) in [6, 6.07) is 7.52. The molecule has 0 saturated heterocycles. The Kier molecular flexibility index (Phi) is 6.67. The van der Waals surface area contributed by atoms with Gasteiger partial charge in [-0.15, -0.1) is 10.2 Å². The second-order valence-electron chi connectivity index (χ2n) is 8.44. The second-order valence-corrected chi connectivity index (χ2v) is 8.44. The number of carbonyl (C=O) groups is 1. The summed E-state index contributed by atoms with van der Waals surface area (Å²) in [6.45, 7) is 9.83. The lowest BCUT2D eigenvalue weighted by molar-refractivity contribution is -0.121. The molecule has 29 heavy (non-hydrogen) atoms. The highest BCUT2D eigenvalue weighted by atomic mass is 16.1. The number of nitrogens with one attached hydrogen (secondary N) is 1. The molecule has 0 bridgehead atoms. The first-order chi connectivity index (χ1) is 13.9. The summed E-state index contributed by atoms with van der Waals surface area (Å²) >= 11 is 0. The Labute approximate surface area is 171 Å². The SMILES string of the molecule is CC(C)CCNC(=O)CCc1nnc2n(CCC(C)C)c(=O)c3ccccc3n12. The number of amides is 1. The highest BCUT2D eigenvalue weighted by Crippen LogP contribution is 2.16. The van der Waals surface area contributed by atoms with Gasteiger partial charge >= 0.3 is 0 Å². The Morgan fingerprint density at radius 3 is 2.52 bits per heavy atom. The minimum atomic E-state index is -0.0425.